The summed E-state index contributed by atoms with van der Waals surface area (Å²) in [5.74, 6) is 0.202. The van der Waals surface area contributed by atoms with E-state index >= 15 is 0 Å². The topological polar surface area (TPSA) is 56.7 Å². The normalized spacial score (nSPS) is 10.9. The van der Waals surface area contributed by atoms with E-state index in [1.165, 1.54) is 0 Å². The van der Waals surface area contributed by atoms with Gasteiger partial charge in [0.25, 0.3) is 0 Å². The van der Waals surface area contributed by atoms with Crippen LogP contribution in [0.4, 0.5) is 0 Å². The van der Waals surface area contributed by atoms with Crippen molar-refractivity contribution in [3.05, 3.63) is 42.0 Å². The number of aromatic hydroxyl groups is 1. The molecule has 96 valence electrons. The molecule has 0 aliphatic rings. The van der Waals surface area contributed by atoms with Crippen LogP contribution >= 0.6 is 12.2 Å². The van der Waals surface area contributed by atoms with Gasteiger partial charge < -0.3 is 10.4 Å². The molecule has 18 heavy (non-hydrogen) atoms. The van der Waals surface area contributed by atoms with Crippen molar-refractivity contribution in [2.24, 2.45) is 5.10 Å². The number of benzene rings is 1. The number of phenolic OH excluding ortho intramolecular Hbond substituents is 1. The van der Waals surface area contributed by atoms with Gasteiger partial charge in [-0.3, -0.25) is 5.43 Å². The highest BCUT2D eigenvalue weighted by atomic mass is 32.1. The Morgan fingerprint density at radius 2 is 2.28 bits per heavy atom. The summed E-state index contributed by atoms with van der Waals surface area (Å²) in [5, 5.41) is 17.2. The second kappa shape index (κ2) is 6.76. The average Bonchev–Trinajstić information content (AvgIpc) is 2.36. The van der Waals surface area contributed by atoms with E-state index in [1.54, 1.807) is 19.1 Å². The SMILES string of the molecule is C=CCNC(=S)N/N=C(\C)c1cc(C)ccc1O. The maximum Gasteiger partial charge on any atom is 0.187 e. The van der Waals surface area contributed by atoms with Crippen molar-refractivity contribution in [2.45, 2.75) is 13.8 Å². The zero-order chi connectivity index (χ0) is 13.5. The molecule has 0 saturated carbocycles. The molecular weight excluding hydrogens is 246 g/mol. The summed E-state index contributed by atoms with van der Waals surface area (Å²) in [6, 6.07) is 5.36. The molecule has 1 aromatic rings. The molecule has 0 fully saturated rings. The van der Waals surface area contributed by atoms with Gasteiger partial charge in [-0.25, -0.2) is 0 Å². The number of thiocarbonyl (C=S) groups is 1. The summed E-state index contributed by atoms with van der Waals surface area (Å²) < 4.78 is 0. The van der Waals surface area contributed by atoms with Gasteiger partial charge in [0.15, 0.2) is 5.11 Å². The highest BCUT2D eigenvalue weighted by molar-refractivity contribution is 7.80. The molecule has 0 radical (unpaired) electrons. The number of phenols is 1. The molecule has 5 heteroatoms. The molecule has 0 atom stereocenters. The Bertz CT molecular complexity index is 483. The molecule has 4 nitrogen and oxygen atoms in total. The quantitative estimate of drug-likeness (QED) is 0.337. The minimum atomic E-state index is 0.202. The van der Waals surface area contributed by atoms with E-state index in [4.69, 9.17) is 12.2 Å². The van der Waals surface area contributed by atoms with E-state index < -0.39 is 0 Å². The Morgan fingerprint density at radius 3 is 2.94 bits per heavy atom. The van der Waals surface area contributed by atoms with Gasteiger partial charge in [0.05, 0.1) is 5.71 Å². The number of rotatable bonds is 4. The fourth-order valence-corrected chi connectivity index (χ4v) is 1.47. The third kappa shape index (κ3) is 4.18. The van der Waals surface area contributed by atoms with E-state index in [-0.39, 0.29) is 5.75 Å². The van der Waals surface area contributed by atoms with Crippen LogP contribution in [0.3, 0.4) is 0 Å². The molecule has 0 heterocycles. The second-order valence-electron chi connectivity index (χ2n) is 3.83. The highest BCUT2D eigenvalue weighted by Gasteiger charge is 2.04. The van der Waals surface area contributed by atoms with E-state index in [1.807, 2.05) is 19.1 Å². The van der Waals surface area contributed by atoms with Crippen LogP contribution in [0.1, 0.15) is 18.1 Å². The maximum atomic E-state index is 9.74. The van der Waals surface area contributed by atoms with Crippen LogP contribution in [0.5, 0.6) is 5.75 Å². The van der Waals surface area contributed by atoms with Crippen LogP contribution in [-0.2, 0) is 0 Å². The minimum Gasteiger partial charge on any atom is -0.507 e. The molecule has 0 bridgehead atoms. The lowest BCUT2D eigenvalue weighted by atomic mass is 10.1. The van der Waals surface area contributed by atoms with Crippen molar-refractivity contribution < 1.29 is 5.11 Å². The van der Waals surface area contributed by atoms with Gasteiger partial charge in [0, 0.05) is 12.1 Å². The van der Waals surface area contributed by atoms with Crippen molar-refractivity contribution in [3.8, 4) is 5.75 Å². The van der Waals surface area contributed by atoms with E-state index in [2.05, 4.69) is 22.4 Å². The zero-order valence-corrected chi connectivity index (χ0v) is 11.3. The van der Waals surface area contributed by atoms with Crippen LogP contribution in [0, 0.1) is 6.92 Å². The van der Waals surface area contributed by atoms with Crippen molar-refractivity contribution in [3.63, 3.8) is 0 Å². The Labute approximate surface area is 112 Å². The standard InChI is InChI=1S/C13H17N3OS/c1-4-7-14-13(18)16-15-10(3)11-8-9(2)5-6-12(11)17/h4-6,8,17H,1,7H2,2-3H3,(H2,14,16,18)/b15-10+. The maximum absolute atomic E-state index is 9.74. The summed E-state index contributed by atoms with van der Waals surface area (Å²) in [6.45, 7) is 7.92. The van der Waals surface area contributed by atoms with Gasteiger partial charge in [-0.05, 0) is 38.2 Å². The van der Waals surface area contributed by atoms with Crippen molar-refractivity contribution >= 4 is 23.0 Å². The Balaban J connectivity index is 2.74. The highest BCUT2D eigenvalue weighted by Crippen LogP contribution is 2.18. The first-order valence-corrected chi connectivity index (χ1v) is 5.94. The van der Waals surface area contributed by atoms with Gasteiger partial charge >= 0.3 is 0 Å². The van der Waals surface area contributed by atoms with Gasteiger partial charge in [0.1, 0.15) is 5.75 Å². The van der Waals surface area contributed by atoms with Crippen molar-refractivity contribution in [1.82, 2.24) is 10.7 Å². The second-order valence-corrected chi connectivity index (χ2v) is 4.24. The summed E-state index contributed by atoms with van der Waals surface area (Å²) in [5.41, 5.74) is 5.13. The number of hydrogen-bond donors (Lipinski definition) is 3. The molecule has 3 N–H and O–H groups in total. The first kappa shape index (κ1) is 14.2. The van der Waals surface area contributed by atoms with Crippen LogP contribution < -0.4 is 10.7 Å². The largest absolute Gasteiger partial charge is 0.507 e. The Morgan fingerprint density at radius 1 is 1.56 bits per heavy atom. The lowest BCUT2D eigenvalue weighted by molar-refractivity contribution is 0.474. The first-order valence-electron chi connectivity index (χ1n) is 5.53. The molecule has 1 aromatic carbocycles. The average molecular weight is 263 g/mol. The predicted molar refractivity (Wildman–Crippen MR) is 79.0 cm³/mol. The first-order chi connectivity index (χ1) is 8.54. The summed E-state index contributed by atoms with van der Waals surface area (Å²) in [6.07, 6.45) is 1.71. The fourth-order valence-electron chi connectivity index (χ4n) is 1.34. The smallest absolute Gasteiger partial charge is 0.187 e. The molecule has 0 spiro atoms. The lowest BCUT2D eigenvalue weighted by Crippen LogP contribution is -2.32. The number of nitrogens with one attached hydrogen (secondary N) is 2. The van der Waals surface area contributed by atoms with E-state index in [0.717, 1.165) is 5.56 Å². The van der Waals surface area contributed by atoms with Crippen LogP contribution in [-0.4, -0.2) is 22.5 Å². The molecule has 0 unspecified atom stereocenters. The van der Waals surface area contributed by atoms with Gasteiger partial charge in [0.2, 0.25) is 0 Å². The van der Waals surface area contributed by atoms with Crippen LogP contribution in [0.25, 0.3) is 0 Å². The van der Waals surface area contributed by atoms with Gasteiger partial charge in [-0.2, -0.15) is 5.10 Å². The van der Waals surface area contributed by atoms with Gasteiger partial charge in [-0.15, -0.1) is 6.58 Å². The van der Waals surface area contributed by atoms with Crippen LogP contribution in [0.2, 0.25) is 0 Å². The van der Waals surface area contributed by atoms with Crippen LogP contribution in [0.15, 0.2) is 36.0 Å². The van der Waals surface area contributed by atoms with Gasteiger partial charge in [-0.1, -0.05) is 17.7 Å². The number of nitrogens with zero attached hydrogens (tertiary/aromatic N) is 1. The molecule has 0 amide bonds. The Hall–Kier alpha value is -1.88. The van der Waals surface area contributed by atoms with Crippen molar-refractivity contribution in [2.75, 3.05) is 6.54 Å². The summed E-state index contributed by atoms with van der Waals surface area (Å²) >= 11 is 5.01. The molecular formula is C13H17N3OS. The summed E-state index contributed by atoms with van der Waals surface area (Å²) in [4.78, 5) is 0. The molecule has 0 aliphatic heterocycles. The fraction of sp³-hybridized carbons (Fsp3) is 0.231. The number of hydrogen-bond acceptors (Lipinski definition) is 3. The monoisotopic (exact) mass is 263 g/mol. The lowest BCUT2D eigenvalue weighted by Gasteiger charge is -2.07. The number of aryl methyl sites for hydroxylation is 1. The molecule has 0 aliphatic carbocycles. The predicted octanol–water partition coefficient (Wildman–Crippen LogP) is 2.07. The Kier molecular flexibility index (Phi) is 5.32. The van der Waals surface area contributed by atoms with E-state index in [0.29, 0.717) is 22.9 Å². The third-order valence-corrected chi connectivity index (χ3v) is 2.51. The number of hydrazone groups is 1. The molecule has 1 rings (SSSR count). The molecule has 0 aromatic heterocycles. The zero-order valence-electron chi connectivity index (χ0n) is 10.5. The van der Waals surface area contributed by atoms with E-state index in [9.17, 15) is 5.11 Å². The molecule has 0 saturated heterocycles. The minimum absolute atomic E-state index is 0.202. The third-order valence-electron chi connectivity index (χ3n) is 2.27. The summed E-state index contributed by atoms with van der Waals surface area (Å²) in [7, 11) is 0. The van der Waals surface area contributed by atoms with Crippen molar-refractivity contribution in [1.29, 1.82) is 0 Å².